The van der Waals surface area contributed by atoms with Crippen molar-refractivity contribution in [2.45, 2.75) is 64.1 Å². The molecule has 2 aliphatic carbocycles. The van der Waals surface area contributed by atoms with E-state index in [4.69, 9.17) is 9.72 Å². The van der Waals surface area contributed by atoms with Gasteiger partial charge in [0.25, 0.3) is 0 Å². The van der Waals surface area contributed by atoms with E-state index in [1.807, 2.05) is 11.3 Å². The van der Waals surface area contributed by atoms with Crippen LogP contribution in [0.5, 0.6) is 0 Å². The smallest absolute Gasteiger partial charge is 0.186 e. The molecule has 2 saturated carbocycles. The van der Waals surface area contributed by atoms with Crippen molar-refractivity contribution in [1.82, 2.24) is 10.3 Å². The van der Waals surface area contributed by atoms with Gasteiger partial charge in [0.2, 0.25) is 0 Å². The lowest BCUT2D eigenvalue weighted by molar-refractivity contribution is 0.205. The molecule has 5 heteroatoms. The first-order valence-corrected chi connectivity index (χ1v) is 8.99. The zero-order valence-electron chi connectivity index (χ0n) is 13.4. The predicted molar refractivity (Wildman–Crippen MR) is 88.3 cm³/mol. The van der Waals surface area contributed by atoms with Crippen LogP contribution in [0.2, 0.25) is 0 Å². The van der Waals surface area contributed by atoms with Crippen molar-refractivity contribution in [2.24, 2.45) is 0 Å². The third-order valence-electron chi connectivity index (χ3n) is 4.16. The highest BCUT2D eigenvalue weighted by molar-refractivity contribution is 7.15. The molecule has 2 aliphatic rings. The molecular formula is C16H27N3OS. The molecule has 1 heterocycles. The summed E-state index contributed by atoms with van der Waals surface area (Å²) < 4.78 is 5.27. The Morgan fingerprint density at radius 2 is 2.10 bits per heavy atom. The van der Waals surface area contributed by atoms with Gasteiger partial charge in [-0.2, -0.15) is 0 Å². The Morgan fingerprint density at radius 3 is 2.67 bits per heavy atom. The van der Waals surface area contributed by atoms with Crippen molar-refractivity contribution in [1.29, 1.82) is 0 Å². The summed E-state index contributed by atoms with van der Waals surface area (Å²) in [6.45, 7) is 7.22. The van der Waals surface area contributed by atoms with E-state index in [0.717, 1.165) is 25.7 Å². The molecule has 0 saturated heterocycles. The number of aromatic nitrogens is 1. The van der Waals surface area contributed by atoms with Gasteiger partial charge in [-0.25, -0.2) is 4.98 Å². The first-order chi connectivity index (χ1) is 10.2. The Hall–Kier alpha value is -0.650. The molecule has 1 aromatic heterocycles. The maximum absolute atomic E-state index is 5.27. The van der Waals surface area contributed by atoms with Gasteiger partial charge in [0.05, 0.1) is 12.3 Å². The fourth-order valence-corrected chi connectivity index (χ4v) is 3.85. The van der Waals surface area contributed by atoms with E-state index in [1.54, 1.807) is 7.11 Å². The highest BCUT2D eigenvalue weighted by atomic mass is 32.1. The Balaban J connectivity index is 1.74. The molecule has 4 nitrogen and oxygen atoms in total. The number of hydrogen-bond acceptors (Lipinski definition) is 5. The topological polar surface area (TPSA) is 37.4 Å². The average Bonchev–Trinajstić information content (AvgIpc) is 3.36. The second kappa shape index (κ2) is 6.63. The molecule has 1 N–H and O–H groups in total. The first kappa shape index (κ1) is 15.3. The normalized spacial score (nSPS) is 18.5. The van der Waals surface area contributed by atoms with Crippen LogP contribution in [0.1, 0.15) is 56.0 Å². The lowest BCUT2D eigenvalue weighted by Crippen LogP contribution is -2.29. The summed E-state index contributed by atoms with van der Waals surface area (Å²) in [5, 5.41) is 4.84. The highest BCUT2D eigenvalue weighted by Crippen LogP contribution is 2.37. The summed E-state index contributed by atoms with van der Waals surface area (Å²) >= 11 is 1.88. The number of rotatable bonds is 9. The highest BCUT2D eigenvalue weighted by Gasteiger charge is 2.32. The zero-order chi connectivity index (χ0) is 14.8. The number of hydrogen-bond donors (Lipinski definition) is 1. The van der Waals surface area contributed by atoms with Crippen LogP contribution in [0.4, 0.5) is 5.13 Å². The Morgan fingerprint density at radius 1 is 1.33 bits per heavy atom. The van der Waals surface area contributed by atoms with Crippen LogP contribution in [0.3, 0.4) is 0 Å². The third-order valence-corrected chi connectivity index (χ3v) is 5.27. The molecule has 0 spiro atoms. The van der Waals surface area contributed by atoms with Crippen LogP contribution < -0.4 is 10.2 Å². The molecule has 0 bridgehead atoms. The van der Waals surface area contributed by atoms with E-state index >= 15 is 0 Å². The van der Waals surface area contributed by atoms with E-state index in [2.05, 4.69) is 24.1 Å². The minimum atomic E-state index is 0.495. The molecule has 0 radical (unpaired) electrons. The SMILES string of the molecule is COCCN(c1nc(C(C)C)c(CNC2CC2)s1)C1CC1. The molecule has 1 aromatic rings. The van der Waals surface area contributed by atoms with Gasteiger partial charge >= 0.3 is 0 Å². The van der Waals surface area contributed by atoms with Crippen molar-refractivity contribution in [3.8, 4) is 0 Å². The number of methoxy groups -OCH3 is 1. The van der Waals surface area contributed by atoms with Crippen molar-refractivity contribution in [3.05, 3.63) is 10.6 Å². The monoisotopic (exact) mass is 309 g/mol. The van der Waals surface area contributed by atoms with Crippen LogP contribution in [0.25, 0.3) is 0 Å². The maximum atomic E-state index is 5.27. The summed E-state index contributed by atoms with van der Waals surface area (Å²) in [7, 11) is 1.78. The van der Waals surface area contributed by atoms with Crippen molar-refractivity contribution < 1.29 is 4.74 Å². The van der Waals surface area contributed by atoms with Gasteiger partial charge in [0.1, 0.15) is 0 Å². The standard InChI is InChI=1S/C16H27N3OS/c1-11(2)15-14(10-17-12-4-5-12)21-16(18-15)19(8-9-20-3)13-6-7-13/h11-13,17H,4-10H2,1-3H3. The summed E-state index contributed by atoms with van der Waals surface area (Å²) in [6.07, 6.45) is 5.28. The summed E-state index contributed by atoms with van der Waals surface area (Å²) in [6, 6.07) is 1.44. The van der Waals surface area contributed by atoms with Gasteiger partial charge in [0.15, 0.2) is 5.13 Å². The maximum Gasteiger partial charge on any atom is 0.186 e. The Labute approximate surface area is 131 Å². The molecule has 3 rings (SSSR count). The average molecular weight is 309 g/mol. The quantitative estimate of drug-likeness (QED) is 0.760. The number of thiazole rings is 1. The molecule has 0 atom stereocenters. The largest absolute Gasteiger partial charge is 0.383 e. The summed E-state index contributed by atoms with van der Waals surface area (Å²) in [4.78, 5) is 8.86. The third kappa shape index (κ3) is 3.96. The summed E-state index contributed by atoms with van der Waals surface area (Å²) in [5.74, 6) is 0.495. The Kier molecular flexibility index (Phi) is 4.82. The molecule has 0 aromatic carbocycles. The second-order valence-corrected chi connectivity index (χ2v) is 7.59. The van der Waals surface area contributed by atoms with E-state index in [9.17, 15) is 0 Å². The second-order valence-electron chi connectivity index (χ2n) is 6.53. The lowest BCUT2D eigenvalue weighted by Gasteiger charge is -2.20. The number of nitrogens with one attached hydrogen (secondary N) is 1. The molecule has 118 valence electrons. The zero-order valence-corrected chi connectivity index (χ0v) is 14.2. The minimum absolute atomic E-state index is 0.495. The van der Waals surface area contributed by atoms with E-state index in [0.29, 0.717) is 12.0 Å². The molecule has 0 amide bonds. The van der Waals surface area contributed by atoms with Crippen LogP contribution >= 0.6 is 11.3 Å². The van der Waals surface area contributed by atoms with Gasteiger partial charge in [-0.1, -0.05) is 13.8 Å². The van der Waals surface area contributed by atoms with E-state index < -0.39 is 0 Å². The molecule has 2 fully saturated rings. The first-order valence-electron chi connectivity index (χ1n) is 8.17. The van der Waals surface area contributed by atoms with Gasteiger partial charge < -0.3 is 15.0 Å². The fraction of sp³-hybridized carbons (Fsp3) is 0.812. The van der Waals surface area contributed by atoms with Crippen LogP contribution in [-0.2, 0) is 11.3 Å². The van der Waals surface area contributed by atoms with Gasteiger partial charge in [-0.15, -0.1) is 11.3 Å². The molecular weight excluding hydrogens is 282 g/mol. The fourth-order valence-electron chi connectivity index (χ4n) is 2.59. The van der Waals surface area contributed by atoms with Gasteiger partial charge in [-0.3, -0.25) is 0 Å². The van der Waals surface area contributed by atoms with Crippen LogP contribution in [0, 0.1) is 0 Å². The molecule has 0 unspecified atom stereocenters. The van der Waals surface area contributed by atoms with Crippen LogP contribution in [-0.4, -0.2) is 37.3 Å². The van der Waals surface area contributed by atoms with E-state index in [1.165, 1.54) is 41.4 Å². The predicted octanol–water partition coefficient (Wildman–Crippen LogP) is 3.13. The number of nitrogens with zero attached hydrogens (tertiary/aromatic N) is 2. The van der Waals surface area contributed by atoms with Crippen LogP contribution in [0.15, 0.2) is 0 Å². The van der Waals surface area contributed by atoms with Gasteiger partial charge in [0, 0.05) is 37.2 Å². The molecule has 0 aliphatic heterocycles. The van der Waals surface area contributed by atoms with Gasteiger partial charge in [-0.05, 0) is 31.6 Å². The lowest BCUT2D eigenvalue weighted by atomic mass is 10.1. The molecule has 21 heavy (non-hydrogen) atoms. The number of anilines is 1. The summed E-state index contributed by atoms with van der Waals surface area (Å²) in [5.41, 5.74) is 1.28. The number of ether oxygens (including phenoxy) is 1. The van der Waals surface area contributed by atoms with Crippen molar-refractivity contribution in [2.75, 3.05) is 25.2 Å². The van der Waals surface area contributed by atoms with E-state index in [-0.39, 0.29) is 0 Å². The Bertz CT molecular complexity index is 466. The van der Waals surface area contributed by atoms with Crippen molar-refractivity contribution >= 4 is 16.5 Å². The van der Waals surface area contributed by atoms with Crippen molar-refractivity contribution in [3.63, 3.8) is 0 Å². The minimum Gasteiger partial charge on any atom is -0.383 e.